The molecule has 0 aliphatic carbocycles. The quantitative estimate of drug-likeness (QED) is 0.340. The number of aliphatic hydroxyl groups excluding tert-OH is 2. The standard InChI is InChI=1S/C15H23Cl3O6/c1-2-15(9-24-8-7-14(18)23,10(19)3-5-12(16)21)11(20)4-6-13(17)22/h10-11,19-20H,2-9H2,1H3. The maximum absolute atomic E-state index is 10.9. The molecule has 0 saturated heterocycles. The molecule has 140 valence electrons. The summed E-state index contributed by atoms with van der Waals surface area (Å²) in [7, 11) is 0. The molecule has 0 aromatic rings. The summed E-state index contributed by atoms with van der Waals surface area (Å²) in [6, 6.07) is 0. The minimum atomic E-state index is -1.12. The number of ether oxygens (including phenoxy) is 1. The van der Waals surface area contributed by atoms with Crippen molar-refractivity contribution < 1.29 is 29.3 Å². The molecule has 2 atom stereocenters. The van der Waals surface area contributed by atoms with Crippen LogP contribution in [0.15, 0.2) is 0 Å². The highest BCUT2D eigenvalue weighted by atomic mass is 35.5. The lowest BCUT2D eigenvalue weighted by atomic mass is 9.72. The Kier molecular flexibility index (Phi) is 12.0. The lowest BCUT2D eigenvalue weighted by Gasteiger charge is -2.41. The molecule has 0 aromatic carbocycles. The van der Waals surface area contributed by atoms with Gasteiger partial charge in [-0.05, 0) is 54.1 Å². The summed E-state index contributed by atoms with van der Waals surface area (Å²) < 4.78 is 5.40. The Morgan fingerprint density at radius 1 is 0.917 bits per heavy atom. The second-order valence-corrected chi connectivity index (χ2v) is 6.83. The minimum Gasteiger partial charge on any atom is -0.392 e. The first kappa shape index (κ1) is 23.8. The molecular formula is C15H23Cl3O6. The third kappa shape index (κ3) is 8.74. The molecule has 0 amide bonds. The maximum atomic E-state index is 10.9. The first-order chi connectivity index (χ1) is 11.2. The van der Waals surface area contributed by atoms with Crippen LogP contribution in [0.1, 0.15) is 45.4 Å². The van der Waals surface area contributed by atoms with E-state index in [1.165, 1.54) is 0 Å². The van der Waals surface area contributed by atoms with E-state index >= 15 is 0 Å². The average Bonchev–Trinajstić information content (AvgIpc) is 2.50. The normalized spacial score (nSPS) is 16.2. The van der Waals surface area contributed by atoms with Crippen molar-refractivity contribution in [3.8, 4) is 0 Å². The van der Waals surface area contributed by atoms with Crippen molar-refractivity contribution in [2.45, 2.75) is 57.7 Å². The highest BCUT2D eigenvalue weighted by Gasteiger charge is 2.43. The lowest BCUT2D eigenvalue weighted by Crippen LogP contribution is -2.49. The fourth-order valence-corrected chi connectivity index (χ4v) is 2.77. The first-order valence-corrected chi connectivity index (χ1v) is 8.78. The Morgan fingerprint density at radius 2 is 1.33 bits per heavy atom. The van der Waals surface area contributed by atoms with Crippen LogP contribution < -0.4 is 0 Å². The number of hydrogen-bond donors (Lipinski definition) is 2. The first-order valence-electron chi connectivity index (χ1n) is 7.64. The van der Waals surface area contributed by atoms with Gasteiger partial charge in [0.2, 0.25) is 15.7 Å². The van der Waals surface area contributed by atoms with Crippen LogP contribution in [0.2, 0.25) is 0 Å². The van der Waals surface area contributed by atoms with Gasteiger partial charge < -0.3 is 14.9 Å². The molecule has 0 aliphatic heterocycles. The molecule has 2 N–H and O–H groups in total. The van der Waals surface area contributed by atoms with Gasteiger partial charge in [-0.1, -0.05) is 6.92 Å². The smallest absolute Gasteiger partial charge is 0.223 e. The molecule has 9 heteroatoms. The van der Waals surface area contributed by atoms with E-state index < -0.39 is 33.4 Å². The number of aliphatic hydroxyl groups is 2. The van der Waals surface area contributed by atoms with Crippen molar-refractivity contribution in [1.29, 1.82) is 0 Å². The molecule has 0 heterocycles. The second kappa shape index (κ2) is 12.2. The number of carbonyl (C=O) groups excluding carboxylic acids is 3. The molecule has 2 unspecified atom stereocenters. The molecule has 24 heavy (non-hydrogen) atoms. The maximum Gasteiger partial charge on any atom is 0.223 e. The van der Waals surface area contributed by atoms with Gasteiger partial charge in [-0.2, -0.15) is 0 Å². The van der Waals surface area contributed by atoms with Crippen LogP contribution in [-0.4, -0.2) is 51.4 Å². The Hall–Kier alpha value is -0.240. The van der Waals surface area contributed by atoms with Crippen LogP contribution in [0.4, 0.5) is 0 Å². The predicted molar refractivity (Wildman–Crippen MR) is 91.2 cm³/mol. The van der Waals surface area contributed by atoms with Gasteiger partial charge in [0.15, 0.2) is 0 Å². The molecule has 0 aromatic heterocycles. The lowest BCUT2D eigenvalue weighted by molar-refractivity contribution is -0.131. The monoisotopic (exact) mass is 404 g/mol. The zero-order chi connectivity index (χ0) is 18.8. The topological polar surface area (TPSA) is 101 Å². The van der Waals surface area contributed by atoms with Crippen molar-refractivity contribution >= 4 is 50.5 Å². The van der Waals surface area contributed by atoms with Gasteiger partial charge >= 0.3 is 0 Å². The van der Waals surface area contributed by atoms with Gasteiger partial charge in [0, 0.05) is 24.7 Å². The Balaban J connectivity index is 5.06. The molecule has 6 nitrogen and oxygen atoms in total. The Morgan fingerprint density at radius 3 is 1.67 bits per heavy atom. The molecule has 0 fully saturated rings. The minimum absolute atomic E-state index is 0.00608. The highest BCUT2D eigenvalue weighted by Crippen LogP contribution is 2.36. The molecule has 0 spiro atoms. The van der Waals surface area contributed by atoms with Gasteiger partial charge in [-0.15, -0.1) is 0 Å². The van der Waals surface area contributed by atoms with Crippen LogP contribution in [0, 0.1) is 5.41 Å². The van der Waals surface area contributed by atoms with E-state index in [2.05, 4.69) is 0 Å². The van der Waals surface area contributed by atoms with E-state index in [0.29, 0.717) is 6.42 Å². The van der Waals surface area contributed by atoms with Gasteiger partial charge in [0.1, 0.15) is 0 Å². The SMILES string of the molecule is CCC(COCCC(=O)Cl)(C(O)CCC(=O)Cl)C(O)CCC(=O)Cl. The third-order valence-electron chi connectivity index (χ3n) is 4.03. The summed E-state index contributed by atoms with van der Waals surface area (Å²) in [5.41, 5.74) is -1.12. The fourth-order valence-electron chi connectivity index (χ4n) is 2.48. The largest absolute Gasteiger partial charge is 0.392 e. The van der Waals surface area contributed by atoms with Crippen LogP contribution in [0.3, 0.4) is 0 Å². The average molecular weight is 406 g/mol. The van der Waals surface area contributed by atoms with Crippen LogP contribution >= 0.6 is 34.8 Å². The van der Waals surface area contributed by atoms with E-state index in [4.69, 9.17) is 39.5 Å². The fraction of sp³-hybridized carbons (Fsp3) is 0.800. The van der Waals surface area contributed by atoms with Crippen molar-refractivity contribution in [2.75, 3.05) is 13.2 Å². The number of carbonyl (C=O) groups is 3. The molecule has 0 rings (SSSR count). The molecular weight excluding hydrogens is 383 g/mol. The highest BCUT2D eigenvalue weighted by molar-refractivity contribution is 6.64. The van der Waals surface area contributed by atoms with Crippen molar-refractivity contribution in [1.82, 2.24) is 0 Å². The van der Waals surface area contributed by atoms with E-state index in [1.54, 1.807) is 6.92 Å². The summed E-state index contributed by atoms with van der Waals surface area (Å²) in [6.07, 6.45) is -1.91. The summed E-state index contributed by atoms with van der Waals surface area (Å²) in [4.78, 5) is 32.6. The zero-order valence-electron chi connectivity index (χ0n) is 13.5. The number of halogens is 3. The van der Waals surface area contributed by atoms with E-state index in [-0.39, 0.29) is 45.3 Å². The van der Waals surface area contributed by atoms with Gasteiger partial charge in [0.25, 0.3) is 0 Å². The van der Waals surface area contributed by atoms with Gasteiger partial charge in [0.05, 0.1) is 25.4 Å². The number of hydrogen-bond acceptors (Lipinski definition) is 6. The summed E-state index contributed by atoms with van der Waals surface area (Å²) in [5, 5.41) is 19.2. The molecule has 0 bridgehead atoms. The molecule has 0 radical (unpaired) electrons. The Bertz CT molecular complexity index is 405. The second-order valence-electron chi connectivity index (χ2n) is 5.56. The van der Waals surface area contributed by atoms with Gasteiger partial charge in [-0.3, -0.25) is 14.4 Å². The van der Waals surface area contributed by atoms with E-state index in [9.17, 15) is 24.6 Å². The summed E-state index contributed by atoms with van der Waals surface area (Å²) in [6.45, 7) is 1.71. The summed E-state index contributed by atoms with van der Waals surface area (Å²) in [5.74, 6) is 0. The van der Waals surface area contributed by atoms with Crippen LogP contribution in [0.25, 0.3) is 0 Å². The predicted octanol–water partition coefficient (Wildman–Crippen LogP) is 2.37. The van der Waals surface area contributed by atoms with Crippen LogP contribution in [0.5, 0.6) is 0 Å². The summed E-state index contributed by atoms with van der Waals surface area (Å²) >= 11 is 15.8. The Labute approximate surface area is 156 Å². The van der Waals surface area contributed by atoms with Crippen molar-refractivity contribution in [2.24, 2.45) is 5.41 Å². The van der Waals surface area contributed by atoms with Crippen molar-refractivity contribution in [3.05, 3.63) is 0 Å². The van der Waals surface area contributed by atoms with Crippen LogP contribution in [-0.2, 0) is 19.1 Å². The zero-order valence-corrected chi connectivity index (χ0v) is 15.7. The number of rotatable bonds is 14. The molecule has 0 saturated carbocycles. The molecule has 0 aliphatic rings. The van der Waals surface area contributed by atoms with E-state index in [1.807, 2.05) is 0 Å². The van der Waals surface area contributed by atoms with Gasteiger partial charge in [-0.25, -0.2) is 0 Å². The van der Waals surface area contributed by atoms with E-state index in [0.717, 1.165) is 0 Å². The van der Waals surface area contributed by atoms with Crippen molar-refractivity contribution in [3.63, 3.8) is 0 Å². The third-order valence-corrected chi connectivity index (χ3v) is 4.59.